The highest BCUT2D eigenvalue weighted by molar-refractivity contribution is 7.80. The lowest BCUT2D eigenvalue weighted by Crippen LogP contribution is -2.50. The summed E-state index contributed by atoms with van der Waals surface area (Å²) in [6.07, 6.45) is 0. The van der Waals surface area contributed by atoms with E-state index < -0.39 is 0 Å². The molecule has 122 valence electrons. The number of anilines is 1. The first-order chi connectivity index (χ1) is 10.8. The van der Waals surface area contributed by atoms with Crippen molar-refractivity contribution in [3.63, 3.8) is 0 Å². The molecule has 0 unspecified atom stereocenters. The largest absolute Gasteiger partial charge is 0.374 e. The van der Waals surface area contributed by atoms with Crippen LogP contribution in [0.4, 0.5) is 5.69 Å². The molecular formula is C15H18ClN5OS. The third kappa shape index (κ3) is 4.00. The lowest BCUT2D eigenvalue weighted by molar-refractivity contribution is -0.121. The van der Waals surface area contributed by atoms with Gasteiger partial charge >= 0.3 is 0 Å². The minimum absolute atomic E-state index is 0.0182. The van der Waals surface area contributed by atoms with Gasteiger partial charge < -0.3 is 5.73 Å². The molecule has 0 aliphatic carbocycles. The Morgan fingerprint density at radius 2 is 2.13 bits per heavy atom. The molecule has 0 fully saturated rings. The molecule has 0 atom stereocenters. The topological polar surface area (TPSA) is 76.2 Å². The van der Waals surface area contributed by atoms with Crippen LogP contribution < -0.4 is 16.2 Å². The van der Waals surface area contributed by atoms with Crippen molar-refractivity contribution < 1.29 is 4.79 Å². The number of aromatic nitrogens is 2. The van der Waals surface area contributed by atoms with Gasteiger partial charge in [-0.1, -0.05) is 23.7 Å². The number of thiocarbonyl (C=S) groups is 1. The van der Waals surface area contributed by atoms with Crippen LogP contribution in [-0.4, -0.2) is 20.8 Å². The summed E-state index contributed by atoms with van der Waals surface area (Å²) in [6.45, 7) is 5.56. The van der Waals surface area contributed by atoms with Gasteiger partial charge in [-0.2, -0.15) is 5.10 Å². The number of nitrogens with zero attached hydrogens (tertiary/aromatic N) is 3. The number of hydrogen-bond donors (Lipinski definition) is 2. The number of halogens is 1. The molecule has 2 rings (SSSR count). The first kappa shape index (κ1) is 17.2. The van der Waals surface area contributed by atoms with Crippen molar-refractivity contribution >= 4 is 40.5 Å². The first-order valence-corrected chi connectivity index (χ1v) is 7.73. The van der Waals surface area contributed by atoms with Crippen molar-refractivity contribution in [2.45, 2.75) is 27.3 Å². The van der Waals surface area contributed by atoms with Gasteiger partial charge in [0.25, 0.3) is 5.91 Å². The highest BCUT2D eigenvalue weighted by Crippen LogP contribution is 2.19. The molecule has 0 aliphatic rings. The van der Waals surface area contributed by atoms with Gasteiger partial charge in [-0.25, -0.2) is 5.01 Å². The second kappa shape index (κ2) is 6.97. The zero-order valence-corrected chi connectivity index (χ0v) is 14.7. The molecule has 1 amide bonds. The first-order valence-electron chi connectivity index (χ1n) is 6.95. The van der Waals surface area contributed by atoms with E-state index in [1.165, 1.54) is 5.01 Å². The minimum Gasteiger partial charge on any atom is -0.374 e. The third-order valence-electron chi connectivity index (χ3n) is 3.30. The molecule has 0 aliphatic heterocycles. The summed E-state index contributed by atoms with van der Waals surface area (Å²) in [5, 5.41) is 6.21. The zero-order valence-electron chi connectivity index (χ0n) is 13.1. The van der Waals surface area contributed by atoms with Crippen LogP contribution in [0, 0.1) is 20.8 Å². The van der Waals surface area contributed by atoms with E-state index in [0.717, 1.165) is 11.3 Å². The number of hydrazine groups is 1. The molecule has 1 aromatic heterocycles. The van der Waals surface area contributed by atoms with Crippen LogP contribution in [0.1, 0.15) is 17.0 Å². The number of aryl methyl sites for hydroxylation is 2. The molecule has 6 nitrogen and oxygen atoms in total. The summed E-state index contributed by atoms with van der Waals surface area (Å²) in [5.74, 6) is -0.304. The summed E-state index contributed by atoms with van der Waals surface area (Å²) < 4.78 is 1.54. The number of nitrogens with one attached hydrogen (secondary N) is 1. The number of nitrogens with two attached hydrogens (primary N) is 1. The predicted octanol–water partition coefficient (Wildman–Crippen LogP) is 2.24. The lowest BCUT2D eigenvalue weighted by atomic mass is 10.2. The van der Waals surface area contributed by atoms with Gasteiger partial charge in [-0.05, 0) is 50.7 Å². The van der Waals surface area contributed by atoms with Crippen LogP contribution in [0.25, 0.3) is 0 Å². The van der Waals surface area contributed by atoms with Gasteiger partial charge in [0.1, 0.15) is 6.54 Å². The zero-order chi connectivity index (χ0) is 17.1. The summed E-state index contributed by atoms with van der Waals surface area (Å²) in [4.78, 5) is 12.3. The average Bonchev–Trinajstić information content (AvgIpc) is 2.72. The SMILES string of the molecule is Cc1cccc(N(NC(=O)Cn2nc(C)c(Cl)c2C)C(N)=S)c1. The number of amides is 1. The van der Waals surface area contributed by atoms with Gasteiger partial charge in [0.05, 0.1) is 22.1 Å². The van der Waals surface area contributed by atoms with Crippen molar-refractivity contribution in [1.82, 2.24) is 15.2 Å². The van der Waals surface area contributed by atoms with Crippen molar-refractivity contribution in [3.05, 3.63) is 46.2 Å². The van der Waals surface area contributed by atoms with Crippen molar-refractivity contribution in [2.75, 3.05) is 5.01 Å². The monoisotopic (exact) mass is 351 g/mol. The van der Waals surface area contributed by atoms with E-state index >= 15 is 0 Å². The number of rotatable bonds is 3. The van der Waals surface area contributed by atoms with E-state index in [1.807, 2.05) is 38.1 Å². The van der Waals surface area contributed by atoms with Crippen LogP contribution in [-0.2, 0) is 11.3 Å². The van der Waals surface area contributed by atoms with Gasteiger partial charge in [0.15, 0.2) is 5.11 Å². The molecule has 0 spiro atoms. The number of hydrogen-bond acceptors (Lipinski definition) is 3. The smallest absolute Gasteiger partial charge is 0.260 e. The third-order valence-corrected chi connectivity index (χ3v) is 4.03. The Balaban J connectivity index is 2.15. The fraction of sp³-hybridized carbons (Fsp3) is 0.267. The van der Waals surface area contributed by atoms with Crippen LogP contribution in [0.3, 0.4) is 0 Å². The molecule has 0 radical (unpaired) electrons. The summed E-state index contributed by atoms with van der Waals surface area (Å²) in [6, 6.07) is 7.50. The van der Waals surface area contributed by atoms with Crippen molar-refractivity contribution in [2.24, 2.45) is 5.73 Å². The Kier molecular flexibility index (Phi) is 5.23. The molecule has 1 aromatic carbocycles. The molecule has 8 heteroatoms. The number of carbonyl (C=O) groups excluding carboxylic acids is 1. The molecule has 1 heterocycles. The Bertz CT molecular complexity index is 758. The maximum absolute atomic E-state index is 12.3. The minimum atomic E-state index is -0.304. The van der Waals surface area contributed by atoms with Gasteiger partial charge in [-0.15, -0.1) is 0 Å². The second-order valence-electron chi connectivity index (χ2n) is 5.19. The van der Waals surface area contributed by atoms with Crippen molar-refractivity contribution in [3.8, 4) is 0 Å². The van der Waals surface area contributed by atoms with E-state index in [1.54, 1.807) is 11.6 Å². The molecule has 0 bridgehead atoms. The van der Waals surface area contributed by atoms with Crippen LogP contribution in [0.5, 0.6) is 0 Å². The molecule has 2 aromatic rings. The quantitative estimate of drug-likeness (QED) is 0.655. The number of carbonyl (C=O) groups is 1. The van der Waals surface area contributed by atoms with E-state index in [0.29, 0.717) is 16.4 Å². The maximum Gasteiger partial charge on any atom is 0.260 e. The Hall–Kier alpha value is -2.12. The van der Waals surface area contributed by atoms with Crippen molar-refractivity contribution in [1.29, 1.82) is 0 Å². The molecule has 3 N–H and O–H groups in total. The normalized spacial score (nSPS) is 10.4. The molecule has 0 saturated heterocycles. The fourth-order valence-electron chi connectivity index (χ4n) is 2.14. The highest BCUT2D eigenvalue weighted by Gasteiger charge is 2.16. The Morgan fingerprint density at radius 1 is 1.43 bits per heavy atom. The van der Waals surface area contributed by atoms with Crippen LogP contribution in [0.15, 0.2) is 24.3 Å². The summed E-state index contributed by atoms with van der Waals surface area (Å²) in [7, 11) is 0. The molecule has 23 heavy (non-hydrogen) atoms. The summed E-state index contributed by atoms with van der Waals surface area (Å²) in [5.41, 5.74) is 11.5. The van der Waals surface area contributed by atoms with Crippen LogP contribution in [0.2, 0.25) is 5.02 Å². The predicted molar refractivity (Wildman–Crippen MR) is 95.3 cm³/mol. The fourth-order valence-corrected chi connectivity index (χ4v) is 2.43. The maximum atomic E-state index is 12.3. The van der Waals surface area contributed by atoms with Gasteiger partial charge in [-0.3, -0.25) is 14.9 Å². The average molecular weight is 352 g/mol. The van der Waals surface area contributed by atoms with Gasteiger partial charge in [0, 0.05) is 0 Å². The standard InChI is InChI=1S/C15H18ClN5OS/c1-9-5-4-6-12(7-9)21(15(17)23)19-13(22)8-20-11(3)14(16)10(2)18-20/h4-7H,8H2,1-3H3,(H2,17,23)(H,19,22). The van der Waals surface area contributed by atoms with E-state index in [2.05, 4.69) is 10.5 Å². The lowest BCUT2D eigenvalue weighted by Gasteiger charge is -2.23. The Morgan fingerprint density at radius 3 is 2.65 bits per heavy atom. The number of benzene rings is 1. The Labute approximate surface area is 145 Å². The van der Waals surface area contributed by atoms with E-state index in [4.69, 9.17) is 29.6 Å². The second-order valence-corrected chi connectivity index (χ2v) is 5.99. The summed E-state index contributed by atoms with van der Waals surface area (Å²) >= 11 is 11.1. The van der Waals surface area contributed by atoms with Gasteiger partial charge in [0.2, 0.25) is 0 Å². The van der Waals surface area contributed by atoms with E-state index in [9.17, 15) is 4.79 Å². The van der Waals surface area contributed by atoms with E-state index in [-0.39, 0.29) is 17.6 Å². The molecule has 0 saturated carbocycles. The molecular weight excluding hydrogens is 334 g/mol. The van der Waals surface area contributed by atoms with Crippen LogP contribution >= 0.6 is 23.8 Å². The highest BCUT2D eigenvalue weighted by atomic mass is 35.5.